The number of hydrogen-bond acceptors (Lipinski definition) is 6. The number of anilines is 1. The molecule has 0 bridgehead atoms. The van der Waals surface area contributed by atoms with Gasteiger partial charge in [0.05, 0.1) is 19.9 Å². The Bertz CT molecular complexity index is 729. The van der Waals surface area contributed by atoms with E-state index >= 15 is 0 Å². The molecule has 4 rings (SSSR count). The summed E-state index contributed by atoms with van der Waals surface area (Å²) in [7, 11) is 3.27. The number of hydrogen-bond donors (Lipinski definition) is 0. The van der Waals surface area contributed by atoms with Crippen LogP contribution in [0.1, 0.15) is 12.8 Å². The van der Waals surface area contributed by atoms with Crippen molar-refractivity contribution in [1.82, 2.24) is 15.1 Å². The first kappa shape index (κ1) is 18.7. The van der Waals surface area contributed by atoms with Gasteiger partial charge in [0.1, 0.15) is 0 Å². The number of rotatable bonds is 5. The van der Waals surface area contributed by atoms with Crippen molar-refractivity contribution in [2.24, 2.45) is 0 Å². The summed E-state index contributed by atoms with van der Waals surface area (Å²) in [6.45, 7) is 4.31. The Labute approximate surface area is 160 Å². The topological polar surface area (TPSA) is 50.7 Å². The Morgan fingerprint density at radius 1 is 0.885 bits per heavy atom. The van der Waals surface area contributed by atoms with Crippen LogP contribution < -0.4 is 14.4 Å². The van der Waals surface area contributed by atoms with Gasteiger partial charge in [-0.15, -0.1) is 22.6 Å². The van der Waals surface area contributed by atoms with Crippen molar-refractivity contribution in [1.29, 1.82) is 0 Å². The maximum absolute atomic E-state index is 5.37. The van der Waals surface area contributed by atoms with Crippen LogP contribution in [-0.4, -0.2) is 61.5 Å². The summed E-state index contributed by atoms with van der Waals surface area (Å²) in [6.07, 6.45) is 2.75. The van der Waals surface area contributed by atoms with E-state index in [0.29, 0.717) is 11.5 Å². The van der Waals surface area contributed by atoms with Gasteiger partial charge in [0.2, 0.25) is 0 Å². The Morgan fingerprint density at radius 3 is 2.19 bits per heavy atom. The molecule has 1 saturated carbocycles. The highest BCUT2D eigenvalue weighted by molar-refractivity contribution is 5.85. The van der Waals surface area contributed by atoms with Crippen molar-refractivity contribution >= 4 is 18.2 Å². The predicted octanol–water partition coefficient (Wildman–Crippen LogP) is 2.87. The molecule has 2 aromatic rings. The van der Waals surface area contributed by atoms with Crippen LogP contribution in [0.15, 0.2) is 30.3 Å². The zero-order valence-electron chi connectivity index (χ0n) is 15.2. The number of benzene rings is 1. The molecule has 1 saturated heterocycles. The molecule has 1 aliphatic carbocycles. The van der Waals surface area contributed by atoms with E-state index in [-0.39, 0.29) is 12.4 Å². The number of nitrogens with zero attached hydrogens (tertiary/aromatic N) is 4. The highest BCUT2D eigenvalue weighted by atomic mass is 35.5. The molecule has 26 heavy (non-hydrogen) atoms. The standard InChI is InChI=1S/C19H24N4O2.ClH/c1-24-17-7-3-14(13-18(17)25-2)16-6-8-19(21-20-16)23-11-9-22(10-12-23)15-4-5-15;/h3,6-8,13,15H,4-5,9-12H2,1-2H3;1H. The molecule has 1 aliphatic heterocycles. The van der Waals surface area contributed by atoms with Crippen LogP contribution in [0.4, 0.5) is 5.82 Å². The third-order valence-electron chi connectivity index (χ3n) is 5.03. The zero-order valence-corrected chi connectivity index (χ0v) is 16.0. The lowest BCUT2D eigenvalue weighted by atomic mass is 10.1. The third kappa shape index (κ3) is 3.86. The molecule has 0 spiro atoms. The fourth-order valence-corrected chi connectivity index (χ4v) is 3.40. The van der Waals surface area contributed by atoms with Crippen molar-refractivity contribution in [3.8, 4) is 22.8 Å². The molecule has 0 radical (unpaired) electrons. The van der Waals surface area contributed by atoms with Crippen molar-refractivity contribution in [3.63, 3.8) is 0 Å². The smallest absolute Gasteiger partial charge is 0.161 e. The minimum Gasteiger partial charge on any atom is -0.493 e. The van der Waals surface area contributed by atoms with Crippen LogP contribution in [0.25, 0.3) is 11.3 Å². The van der Waals surface area contributed by atoms with Gasteiger partial charge in [-0.2, -0.15) is 0 Å². The number of piperazine rings is 1. The van der Waals surface area contributed by atoms with E-state index < -0.39 is 0 Å². The number of aromatic nitrogens is 2. The molecule has 0 atom stereocenters. The quantitative estimate of drug-likeness (QED) is 0.799. The second kappa shape index (κ2) is 8.10. The molecule has 0 unspecified atom stereocenters. The highest BCUT2D eigenvalue weighted by Gasteiger charge is 2.31. The fourth-order valence-electron chi connectivity index (χ4n) is 3.40. The summed E-state index contributed by atoms with van der Waals surface area (Å²) in [4.78, 5) is 4.92. The van der Waals surface area contributed by atoms with Crippen LogP contribution in [0.2, 0.25) is 0 Å². The lowest BCUT2D eigenvalue weighted by Crippen LogP contribution is -2.47. The Kier molecular flexibility index (Phi) is 5.84. The molecular weight excluding hydrogens is 352 g/mol. The number of ether oxygens (including phenoxy) is 2. The number of halogens is 1. The molecule has 6 nitrogen and oxygen atoms in total. The second-order valence-corrected chi connectivity index (χ2v) is 6.60. The van der Waals surface area contributed by atoms with Gasteiger partial charge in [0, 0.05) is 37.8 Å². The van der Waals surface area contributed by atoms with Crippen molar-refractivity contribution < 1.29 is 9.47 Å². The molecular formula is C19H25ClN4O2. The zero-order chi connectivity index (χ0) is 17.2. The van der Waals surface area contributed by atoms with Gasteiger partial charge < -0.3 is 14.4 Å². The van der Waals surface area contributed by atoms with Crippen molar-refractivity contribution in [2.45, 2.75) is 18.9 Å². The minimum atomic E-state index is 0. The molecule has 2 fully saturated rings. The summed E-state index contributed by atoms with van der Waals surface area (Å²) >= 11 is 0. The Balaban J connectivity index is 0.00000196. The van der Waals surface area contributed by atoms with E-state index in [2.05, 4.69) is 26.1 Å². The molecule has 0 N–H and O–H groups in total. The third-order valence-corrected chi connectivity index (χ3v) is 5.03. The van der Waals surface area contributed by atoms with E-state index in [9.17, 15) is 0 Å². The molecule has 2 aliphatic rings. The molecule has 7 heteroatoms. The van der Waals surface area contributed by atoms with Crippen LogP contribution >= 0.6 is 12.4 Å². The van der Waals surface area contributed by atoms with Gasteiger partial charge in [0.25, 0.3) is 0 Å². The maximum Gasteiger partial charge on any atom is 0.161 e. The first-order valence-corrected chi connectivity index (χ1v) is 8.83. The average Bonchev–Trinajstić information content (AvgIpc) is 3.53. The van der Waals surface area contributed by atoms with Gasteiger partial charge in [-0.1, -0.05) is 0 Å². The molecule has 1 aromatic heterocycles. The van der Waals surface area contributed by atoms with E-state index in [0.717, 1.165) is 49.3 Å². The second-order valence-electron chi connectivity index (χ2n) is 6.60. The van der Waals surface area contributed by atoms with Gasteiger partial charge in [-0.05, 0) is 43.2 Å². The average molecular weight is 377 g/mol. The van der Waals surface area contributed by atoms with Crippen molar-refractivity contribution in [3.05, 3.63) is 30.3 Å². The van der Waals surface area contributed by atoms with Crippen LogP contribution in [-0.2, 0) is 0 Å². The van der Waals surface area contributed by atoms with E-state index in [4.69, 9.17) is 9.47 Å². The monoisotopic (exact) mass is 376 g/mol. The van der Waals surface area contributed by atoms with E-state index in [1.54, 1.807) is 14.2 Å². The Hall–Kier alpha value is -2.05. The molecule has 1 aromatic carbocycles. The van der Waals surface area contributed by atoms with Crippen LogP contribution in [0.3, 0.4) is 0 Å². The molecule has 140 valence electrons. The van der Waals surface area contributed by atoms with Crippen molar-refractivity contribution in [2.75, 3.05) is 45.3 Å². The van der Waals surface area contributed by atoms with Gasteiger partial charge >= 0.3 is 0 Å². The molecule has 0 amide bonds. The van der Waals surface area contributed by atoms with E-state index in [1.165, 1.54) is 12.8 Å². The number of methoxy groups -OCH3 is 2. The SMILES string of the molecule is COc1ccc(-c2ccc(N3CCN(C4CC4)CC3)nn2)cc1OC.Cl. The minimum absolute atomic E-state index is 0. The van der Waals surface area contributed by atoms with Gasteiger partial charge in [0.15, 0.2) is 17.3 Å². The summed E-state index contributed by atoms with van der Waals surface area (Å²) in [5, 5.41) is 8.87. The summed E-state index contributed by atoms with van der Waals surface area (Å²) in [6, 6.07) is 10.7. The lowest BCUT2D eigenvalue weighted by Gasteiger charge is -2.35. The largest absolute Gasteiger partial charge is 0.493 e. The van der Waals surface area contributed by atoms with Gasteiger partial charge in [-0.25, -0.2) is 0 Å². The fraction of sp³-hybridized carbons (Fsp3) is 0.474. The first-order valence-electron chi connectivity index (χ1n) is 8.83. The highest BCUT2D eigenvalue weighted by Crippen LogP contribution is 2.32. The normalized spacial score (nSPS) is 17.5. The summed E-state index contributed by atoms with van der Waals surface area (Å²) in [5.74, 6) is 2.37. The molecule has 2 heterocycles. The first-order chi connectivity index (χ1) is 12.3. The summed E-state index contributed by atoms with van der Waals surface area (Å²) in [5.41, 5.74) is 1.80. The van der Waals surface area contributed by atoms with Gasteiger partial charge in [-0.3, -0.25) is 4.90 Å². The van der Waals surface area contributed by atoms with E-state index in [1.807, 2.05) is 24.3 Å². The maximum atomic E-state index is 5.37. The lowest BCUT2D eigenvalue weighted by molar-refractivity contribution is 0.247. The predicted molar refractivity (Wildman–Crippen MR) is 105 cm³/mol. The van der Waals surface area contributed by atoms with Crippen LogP contribution in [0.5, 0.6) is 11.5 Å². The summed E-state index contributed by atoms with van der Waals surface area (Å²) < 4.78 is 10.6. The van der Waals surface area contributed by atoms with Crippen LogP contribution in [0, 0.1) is 0 Å². The Morgan fingerprint density at radius 2 is 1.62 bits per heavy atom.